The van der Waals surface area contributed by atoms with Crippen molar-refractivity contribution in [3.05, 3.63) is 28.8 Å². The summed E-state index contributed by atoms with van der Waals surface area (Å²) < 4.78 is 5.62. The molecule has 1 N–H and O–H groups in total. The first-order chi connectivity index (χ1) is 7.65. The number of thioether (sulfide) groups is 1. The first-order valence-corrected chi connectivity index (χ1v) is 7.01. The Kier molecular flexibility index (Phi) is 6.03. The Morgan fingerprint density at radius 2 is 2.25 bits per heavy atom. The Morgan fingerprint density at radius 3 is 2.88 bits per heavy atom. The lowest BCUT2D eigenvalue weighted by Gasteiger charge is -2.13. The molecule has 0 aliphatic rings. The van der Waals surface area contributed by atoms with Crippen molar-refractivity contribution < 1.29 is 9.84 Å². The molecule has 0 radical (unpaired) electrons. The fourth-order valence-electron chi connectivity index (χ4n) is 1.36. The fraction of sp³-hybridized carbons (Fsp3) is 0.500. The third-order valence-electron chi connectivity index (χ3n) is 2.17. The molecule has 1 aromatic rings. The van der Waals surface area contributed by atoms with Crippen LogP contribution in [0.2, 0.25) is 5.02 Å². The largest absolute Gasteiger partial charge is 0.493 e. The molecule has 0 saturated carbocycles. The van der Waals surface area contributed by atoms with Gasteiger partial charge in [0.15, 0.2) is 0 Å². The molecule has 0 spiro atoms. The predicted octanol–water partition coefficient (Wildman–Crippen LogP) is 3.53. The van der Waals surface area contributed by atoms with Crippen LogP contribution in [0.1, 0.15) is 25.0 Å². The number of ether oxygens (including phenoxy) is 1. The van der Waals surface area contributed by atoms with Gasteiger partial charge in [-0.3, -0.25) is 0 Å². The van der Waals surface area contributed by atoms with Gasteiger partial charge >= 0.3 is 0 Å². The van der Waals surface area contributed by atoms with E-state index in [9.17, 15) is 5.11 Å². The molecule has 0 aliphatic heterocycles. The average Bonchev–Trinajstić information content (AvgIpc) is 2.26. The topological polar surface area (TPSA) is 29.5 Å². The third kappa shape index (κ3) is 4.24. The summed E-state index contributed by atoms with van der Waals surface area (Å²) >= 11 is 7.67. The molecule has 0 aliphatic carbocycles. The van der Waals surface area contributed by atoms with E-state index in [0.717, 1.165) is 23.5 Å². The van der Waals surface area contributed by atoms with E-state index in [0.29, 0.717) is 11.6 Å². The second kappa shape index (κ2) is 7.05. The maximum atomic E-state index is 9.59. The standard InChI is InChI=1S/C12H17ClO2S/c1-9(14)11-8-10(13)4-5-12(11)15-6-3-7-16-2/h4-5,8-9,14H,3,6-7H2,1-2H3/t9-/m0/s1. The van der Waals surface area contributed by atoms with Crippen molar-refractivity contribution in [2.45, 2.75) is 19.4 Å². The lowest BCUT2D eigenvalue weighted by Crippen LogP contribution is -2.03. The van der Waals surface area contributed by atoms with Gasteiger partial charge in [0.1, 0.15) is 5.75 Å². The molecule has 0 aromatic heterocycles. The zero-order valence-corrected chi connectivity index (χ0v) is 11.1. The highest BCUT2D eigenvalue weighted by atomic mass is 35.5. The second-order valence-corrected chi connectivity index (χ2v) is 4.97. The molecule has 0 bridgehead atoms. The SMILES string of the molecule is CSCCCOc1ccc(Cl)cc1[C@H](C)O. The highest BCUT2D eigenvalue weighted by Gasteiger charge is 2.09. The molecule has 0 saturated heterocycles. The van der Waals surface area contributed by atoms with Gasteiger partial charge in [0.05, 0.1) is 12.7 Å². The van der Waals surface area contributed by atoms with Crippen LogP contribution in [0.25, 0.3) is 0 Å². The molecule has 0 unspecified atom stereocenters. The van der Waals surface area contributed by atoms with Crippen LogP contribution in [0.15, 0.2) is 18.2 Å². The van der Waals surface area contributed by atoms with E-state index < -0.39 is 6.10 Å². The van der Waals surface area contributed by atoms with Crippen LogP contribution in [0.3, 0.4) is 0 Å². The zero-order valence-electron chi connectivity index (χ0n) is 9.57. The Hall–Kier alpha value is -0.380. The van der Waals surface area contributed by atoms with Crippen LogP contribution in [-0.2, 0) is 0 Å². The van der Waals surface area contributed by atoms with Gasteiger partial charge in [0.25, 0.3) is 0 Å². The van der Waals surface area contributed by atoms with Crippen LogP contribution in [0.4, 0.5) is 0 Å². The van der Waals surface area contributed by atoms with Crippen LogP contribution >= 0.6 is 23.4 Å². The molecule has 90 valence electrons. The predicted molar refractivity (Wildman–Crippen MR) is 70.6 cm³/mol. The summed E-state index contributed by atoms with van der Waals surface area (Å²) in [4.78, 5) is 0. The van der Waals surface area contributed by atoms with Crippen molar-refractivity contribution in [1.29, 1.82) is 0 Å². The monoisotopic (exact) mass is 260 g/mol. The Morgan fingerprint density at radius 1 is 1.50 bits per heavy atom. The molecule has 0 amide bonds. The van der Waals surface area contributed by atoms with Crippen molar-refractivity contribution in [3.63, 3.8) is 0 Å². The smallest absolute Gasteiger partial charge is 0.125 e. The molecule has 1 atom stereocenters. The maximum Gasteiger partial charge on any atom is 0.125 e. The summed E-state index contributed by atoms with van der Waals surface area (Å²) in [5.74, 6) is 1.80. The van der Waals surface area contributed by atoms with Gasteiger partial charge in [-0.05, 0) is 43.6 Å². The second-order valence-electron chi connectivity index (χ2n) is 3.55. The number of halogens is 1. The number of aliphatic hydroxyl groups is 1. The molecule has 4 heteroatoms. The fourth-order valence-corrected chi connectivity index (χ4v) is 1.95. The van der Waals surface area contributed by atoms with Crippen molar-refractivity contribution >= 4 is 23.4 Å². The van der Waals surface area contributed by atoms with Gasteiger partial charge in [-0.25, -0.2) is 0 Å². The van der Waals surface area contributed by atoms with Gasteiger partial charge < -0.3 is 9.84 Å². The number of benzene rings is 1. The van der Waals surface area contributed by atoms with E-state index in [2.05, 4.69) is 6.26 Å². The minimum absolute atomic E-state index is 0.561. The van der Waals surface area contributed by atoms with Crippen LogP contribution in [0.5, 0.6) is 5.75 Å². The van der Waals surface area contributed by atoms with Crippen LogP contribution < -0.4 is 4.74 Å². The summed E-state index contributed by atoms with van der Waals surface area (Å²) in [5.41, 5.74) is 0.747. The molecule has 0 heterocycles. The third-order valence-corrected chi connectivity index (χ3v) is 3.10. The quantitative estimate of drug-likeness (QED) is 0.794. The highest BCUT2D eigenvalue weighted by molar-refractivity contribution is 7.98. The molecule has 0 fully saturated rings. The first kappa shape index (κ1) is 13.7. The lowest BCUT2D eigenvalue weighted by atomic mass is 10.1. The lowest BCUT2D eigenvalue weighted by molar-refractivity contribution is 0.191. The number of hydrogen-bond acceptors (Lipinski definition) is 3. The van der Waals surface area contributed by atoms with Crippen LogP contribution in [-0.4, -0.2) is 23.7 Å². The Balaban J connectivity index is 2.64. The zero-order chi connectivity index (χ0) is 12.0. The molecular weight excluding hydrogens is 244 g/mol. The molecule has 2 nitrogen and oxygen atoms in total. The van der Waals surface area contributed by atoms with Crippen molar-refractivity contribution in [2.75, 3.05) is 18.6 Å². The van der Waals surface area contributed by atoms with Gasteiger partial charge in [0.2, 0.25) is 0 Å². The van der Waals surface area contributed by atoms with Crippen molar-refractivity contribution in [3.8, 4) is 5.75 Å². The number of aliphatic hydroxyl groups excluding tert-OH is 1. The number of hydrogen-bond donors (Lipinski definition) is 1. The van der Waals surface area contributed by atoms with Crippen LogP contribution in [0, 0.1) is 0 Å². The van der Waals surface area contributed by atoms with Gasteiger partial charge in [-0.2, -0.15) is 11.8 Å². The van der Waals surface area contributed by atoms with Gasteiger partial charge in [0, 0.05) is 10.6 Å². The average molecular weight is 261 g/mol. The summed E-state index contributed by atoms with van der Waals surface area (Å²) in [7, 11) is 0. The summed E-state index contributed by atoms with van der Waals surface area (Å²) in [6.07, 6.45) is 2.52. The summed E-state index contributed by atoms with van der Waals surface area (Å²) in [6, 6.07) is 5.33. The van der Waals surface area contributed by atoms with Crippen molar-refractivity contribution in [2.24, 2.45) is 0 Å². The van der Waals surface area contributed by atoms with E-state index in [1.165, 1.54) is 0 Å². The highest BCUT2D eigenvalue weighted by Crippen LogP contribution is 2.28. The minimum Gasteiger partial charge on any atom is -0.493 e. The molecule has 1 rings (SSSR count). The van der Waals surface area contributed by atoms with Crippen molar-refractivity contribution in [1.82, 2.24) is 0 Å². The van der Waals surface area contributed by atoms with E-state index in [1.54, 1.807) is 30.8 Å². The van der Waals surface area contributed by atoms with Gasteiger partial charge in [-0.15, -0.1) is 0 Å². The summed E-state index contributed by atoms with van der Waals surface area (Å²) in [6.45, 7) is 2.38. The summed E-state index contributed by atoms with van der Waals surface area (Å²) in [5, 5.41) is 10.2. The molecular formula is C12H17ClO2S. The van der Waals surface area contributed by atoms with E-state index >= 15 is 0 Å². The van der Waals surface area contributed by atoms with E-state index in [4.69, 9.17) is 16.3 Å². The van der Waals surface area contributed by atoms with Gasteiger partial charge in [-0.1, -0.05) is 11.6 Å². The minimum atomic E-state index is -0.561. The number of rotatable bonds is 6. The molecule has 16 heavy (non-hydrogen) atoms. The normalized spacial score (nSPS) is 12.5. The Labute approximate surface area is 106 Å². The van der Waals surface area contributed by atoms with E-state index in [-0.39, 0.29) is 0 Å². The Bertz CT molecular complexity index is 329. The maximum absolute atomic E-state index is 9.59. The first-order valence-electron chi connectivity index (χ1n) is 5.24. The molecule has 1 aromatic carbocycles. The van der Waals surface area contributed by atoms with E-state index in [1.807, 2.05) is 6.07 Å².